The number of aryl methyl sites for hydroxylation is 1. The fourth-order valence-corrected chi connectivity index (χ4v) is 3.12. The van der Waals surface area contributed by atoms with E-state index in [1.54, 1.807) is 25.3 Å². The van der Waals surface area contributed by atoms with E-state index in [-0.39, 0.29) is 11.7 Å². The Bertz CT molecular complexity index is 909. The highest BCUT2D eigenvalue weighted by atomic mass is 32.1. The number of hydrogen-bond acceptors (Lipinski definition) is 5. The number of amides is 1. The number of benzene rings is 1. The predicted octanol–water partition coefficient (Wildman–Crippen LogP) is 4.66. The normalized spacial score (nSPS) is 11.2. The van der Waals surface area contributed by atoms with Gasteiger partial charge in [-0.05, 0) is 43.3 Å². The van der Waals surface area contributed by atoms with E-state index in [9.17, 15) is 18.0 Å². The number of aromatic nitrogens is 2. The molecule has 0 aliphatic heterocycles. The minimum absolute atomic E-state index is 0.316. The van der Waals surface area contributed by atoms with Gasteiger partial charge in [0.2, 0.25) is 0 Å². The zero-order valence-corrected chi connectivity index (χ0v) is 14.2. The summed E-state index contributed by atoms with van der Waals surface area (Å²) in [4.78, 5) is 21.0. The molecule has 1 aromatic carbocycles. The maximum absolute atomic E-state index is 12.4. The molecule has 0 aliphatic carbocycles. The predicted molar refractivity (Wildman–Crippen MR) is 91.2 cm³/mol. The Morgan fingerprint density at radius 1 is 1.19 bits per heavy atom. The monoisotopic (exact) mass is 379 g/mol. The SMILES string of the molecule is Cc1nc(-c2ccc(OC(F)(F)F)cc2)sc1C(=O)Nc1cccnc1. The van der Waals surface area contributed by atoms with Gasteiger partial charge in [-0.3, -0.25) is 9.78 Å². The summed E-state index contributed by atoms with van der Waals surface area (Å²) in [6.45, 7) is 1.69. The molecule has 134 valence electrons. The van der Waals surface area contributed by atoms with Crippen LogP contribution in [0.5, 0.6) is 5.75 Å². The molecular weight excluding hydrogens is 367 g/mol. The molecule has 0 spiro atoms. The molecule has 0 radical (unpaired) electrons. The summed E-state index contributed by atoms with van der Waals surface area (Å²) in [5.74, 6) is -0.639. The van der Waals surface area contributed by atoms with Gasteiger partial charge in [0.1, 0.15) is 15.6 Å². The van der Waals surface area contributed by atoms with Gasteiger partial charge in [0.15, 0.2) is 0 Å². The summed E-state index contributed by atoms with van der Waals surface area (Å²) >= 11 is 1.15. The van der Waals surface area contributed by atoms with E-state index >= 15 is 0 Å². The summed E-state index contributed by atoms with van der Waals surface area (Å²) in [6, 6.07) is 8.74. The molecular formula is C17H12F3N3O2S. The number of thiazole rings is 1. The second-order valence-electron chi connectivity index (χ2n) is 5.20. The molecule has 3 rings (SSSR count). The van der Waals surface area contributed by atoms with Gasteiger partial charge in [0.25, 0.3) is 5.91 Å². The Kier molecular flexibility index (Phi) is 4.90. The summed E-state index contributed by atoms with van der Waals surface area (Å²) in [6.07, 6.45) is -1.62. The lowest BCUT2D eigenvalue weighted by Crippen LogP contribution is -2.16. The average molecular weight is 379 g/mol. The van der Waals surface area contributed by atoms with Crippen molar-refractivity contribution in [3.8, 4) is 16.3 Å². The van der Waals surface area contributed by atoms with Gasteiger partial charge in [0, 0.05) is 11.8 Å². The molecule has 0 saturated carbocycles. The van der Waals surface area contributed by atoms with Gasteiger partial charge in [-0.1, -0.05) is 0 Å². The summed E-state index contributed by atoms with van der Waals surface area (Å²) < 4.78 is 40.5. The van der Waals surface area contributed by atoms with Crippen molar-refractivity contribution in [1.29, 1.82) is 0 Å². The summed E-state index contributed by atoms with van der Waals surface area (Å²) in [5, 5.41) is 3.25. The lowest BCUT2D eigenvalue weighted by Gasteiger charge is -2.08. The van der Waals surface area contributed by atoms with Crippen LogP contribution in [0.3, 0.4) is 0 Å². The Balaban J connectivity index is 1.78. The molecule has 0 aliphatic rings. The second kappa shape index (κ2) is 7.12. The number of carbonyl (C=O) groups excluding carboxylic acids is 1. The summed E-state index contributed by atoms with van der Waals surface area (Å²) in [7, 11) is 0. The van der Waals surface area contributed by atoms with Crippen molar-refractivity contribution >= 4 is 22.9 Å². The Morgan fingerprint density at radius 2 is 1.92 bits per heavy atom. The maximum atomic E-state index is 12.4. The van der Waals surface area contributed by atoms with Crippen LogP contribution in [0.2, 0.25) is 0 Å². The largest absolute Gasteiger partial charge is 0.573 e. The van der Waals surface area contributed by atoms with Crippen LogP contribution in [0.15, 0.2) is 48.8 Å². The molecule has 1 amide bonds. The highest BCUT2D eigenvalue weighted by Crippen LogP contribution is 2.31. The third-order valence-corrected chi connectivity index (χ3v) is 4.46. The number of nitrogens with zero attached hydrogens (tertiary/aromatic N) is 2. The van der Waals surface area contributed by atoms with Gasteiger partial charge in [-0.2, -0.15) is 0 Å². The van der Waals surface area contributed by atoms with Crippen molar-refractivity contribution in [3.63, 3.8) is 0 Å². The van der Waals surface area contributed by atoms with E-state index in [4.69, 9.17) is 0 Å². The highest BCUT2D eigenvalue weighted by Gasteiger charge is 2.31. The van der Waals surface area contributed by atoms with Crippen LogP contribution in [-0.4, -0.2) is 22.2 Å². The van der Waals surface area contributed by atoms with Crippen LogP contribution in [0.1, 0.15) is 15.4 Å². The van der Waals surface area contributed by atoms with Crippen molar-refractivity contribution in [2.45, 2.75) is 13.3 Å². The number of pyridine rings is 1. The quantitative estimate of drug-likeness (QED) is 0.716. The Hall–Kier alpha value is -2.94. The van der Waals surface area contributed by atoms with E-state index in [0.29, 0.717) is 26.8 Å². The number of halogens is 3. The number of nitrogens with one attached hydrogen (secondary N) is 1. The molecule has 0 atom stereocenters. The Labute approximate surface area is 150 Å². The zero-order chi connectivity index (χ0) is 18.7. The van der Waals surface area contributed by atoms with Crippen molar-refractivity contribution in [3.05, 3.63) is 59.4 Å². The molecule has 26 heavy (non-hydrogen) atoms. The smallest absolute Gasteiger partial charge is 0.406 e. The first kappa shape index (κ1) is 17.9. The van der Waals surface area contributed by atoms with E-state index in [1.807, 2.05) is 0 Å². The van der Waals surface area contributed by atoms with Gasteiger partial charge in [-0.15, -0.1) is 24.5 Å². The molecule has 2 heterocycles. The van der Waals surface area contributed by atoms with Crippen LogP contribution >= 0.6 is 11.3 Å². The van der Waals surface area contributed by atoms with E-state index in [0.717, 1.165) is 11.3 Å². The second-order valence-corrected chi connectivity index (χ2v) is 6.20. The van der Waals surface area contributed by atoms with Crippen LogP contribution in [0, 0.1) is 6.92 Å². The van der Waals surface area contributed by atoms with Gasteiger partial charge >= 0.3 is 6.36 Å². The number of hydrogen-bond donors (Lipinski definition) is 1. The molecule has 0 bridgehead atoms. The lowest BCUT2D eigenvalue weighted by atomic mass is 10.2. The van der Waals surface area contributed by atoms with Gasteiger partial charge in [0.05, 0.1) is 17.6 Å². The maximum Gasteiger partial charge on any atom is 0.573 e. The number of carbonyl (C=O) groups is 1. The number of rotatable bonds is 4. The van der Waals surface area contributed by atoms with Gasteiger partial charge in [-0.25, -0.2) is 4.98 Å². The minimum Gasteiger partial charge on any atom is -0.406 e. The molecule has 0 saturated heterocycles. The van der Waals surface area contributed by atoms with Crippen LogP contribution < -0.4 is 10.1 Å². The lowest BCUT2D eigenvalue weighted by molar-refractivity contribution is -0.274. The van der Waals surface area contributed by atoms with Crippen LogP contribution in [-0.2, 0) is 0 Å². The van der Waals surface area contributed by atoms with Crippen molar-refractivity contribution in [2.24, 2.45) is 0 Å². The molecule has 9 heteroatoms. The molecule has 0 unspecified atom stereocenters. The van der Waals surface area contributed by atoms with Crippen molar-refractivity contribution < 1.29 is 22.7 Å². The third kappa shape index (κ3) is 4.37. The number of ether oxygens (including phenoxy) is 1. The molecule has 3 aromatic rings. The fourth-order valence-electron chi connectivity index (χ4n) is 2.15. The topological polar surface area (TPSA) is 64.1 Å². The molecule has 2 aromatic heterocycles. The Morgan fingerprint density at radius 3 is 2.54 bits per heavy atom. The standard InChI is InChI=1S/C17H12F3N3O2S/c1-10-14(15(24)23-12-3-2-8-21-9-12)26-16(22-10)11-4-6-13(7-5-11)25-17(18,19)20/h2-9H,1H3,(H,23,24). The molecule has 5 nitrogen and oxygen atoms in total. The highest BCUT2D eigenvalue weighted by molar-refractivity contribution is 7.17. The van der Waals surface area contributed by atoms with Crippen LogP contribution in [0.25, 0.3) is 10.6 Å². The van der Waals surface area contributed by atoms with Crippen molar-refractivity contribution in [2.75, 3.05) is 5.32 Å². The first-order chi connectivity index (χ1) is 12.3. The first-order valence-corrected chi connectivity index (χ1v) is 8.18. The molecule has 0 fully saturated rings. The number of anilines is 1. The zero-order valence-electron chi connectivity index (χ0n) is 13.4. The van der Waals surface area contributed by atoms with Crippen LogP contribution in [0.4, 0.5) is 18.9 Å². The summed E-state index contributed by atoms with van der Waals surface area (Å²) in [5.41, 5.74) is 1.68. The van der Waals surface area contributed by atoms with E-state index < -0.39 is 6.36 Å². The van der Waals surface area contributed by atoms with E-state index in [2.05, 4.69) is 20.0 Å². The first-order valence-electron chi connectivity index (χ1n) is 7.37. The minimum atomic E-state index is -4.74. The fraction of sp³-hybridized carbons (Fsp3) is 0.118. The average Bonchev–Trinajstić information content (AvgIpc) is 2.97. The number of alkyl halides is 3. The third-order valence-electron chi connectivity index (χ3n) is 3.26. The van der Waals surface area contributed by atoms with Gasteiger partial charge < -0.3 is 10.1 Å². The molecule has 1 N–H and O–H groups in total. The van der Waals surface area contributed by atoms with Crippen molar-refractivity contribution in [1.82, 2.24) is 9.97 Å². The van der Waals surface area contributed by atoms with E-state index in [1.165, 1.54) is 30.5 Å².